The smallest absolute Gasteiger partial charge is 0.254 e. The third-order valence-corrected chi connectivity index (χ3v) is 6.50. The van der Waals surface area contributed by atoms with E-state index in [1.807, 2.05) is 46.9 Å². The Bertz CT molecular complexity index is 1090. The Morgan fingerprint density at radius 2 is 1.88 bits per heavy atom. The summed E-state index contributed by atoms with van der Waals surface area (Å²) in [5.74, 6) is 2.27. The molecular formula is C25H30N6O2. The van der Waals surface area contributed by atoms with Crippen LogP contribution in [-0.4, -0.2) is 69.7 Å². The van der Waals surface area contributed by atoms with Crippen molar-refractivity contribution in [3.63, 3.8) is 0 Å². The van der Waals surface area contributed by atoms with E-state index < -0.39 is 0 Å². The zero-order valence-corrected chi connectivity index (χ0v) is 19.1. The summed E-state index contributed by atoms with van der Waals surface area (Å²) in [6.07, 6.45) is 7.20. The van der Waals surface area contributed by atoms with Crippen molar-refractivity contribution in [2.75, 3.05) is 44.3 Å². The van der Waals surface area contributed by atoms with E-state index in [0.29, 0.717) is 19.6 Å². The van der Waals surface area contributed by atoms with E-state index in [1.165, 1.54) is 0 Å². The molecule has 5 rings (SSSR count). The van der Waals surface area contributed by atoms with Crippen molar-refractivity contribution in [1.82, 2.24) is 24.4 Å². The van der Waals surface area contributed by atoms with Gasteiger partial charge in [0.1, 0.15) is 11.6 Å². The van der Waals surface area contributed by atoms with Gasteiger partial charge in [-0.1, -0.05) is 18.2 Å². The predicted molar refractivity (Wildman–Crippen MR) is 125 cm³/mol. The van der Waals surface area contributed by atoms with E-state index in [0.717, 1.165) is 67.6 Å². The Balaban J connectivity index is 1.26. The van der Waals surface area contributed by atoms with Crippen molar-refractivity contribution in [3.8, 4) is 0 Å². The van der Waals surface area contributed by atoms with Crippen LogP contribution in [0.5, 0.6) is 0 Å². The quantitative estimate of drug-likeness (QED) is 0.600. The van der Waals surface area contributed by atoms with Crippen LogP contribution < -0.4 is 4.90 Å². The second-order valence-corrected chi connectivity index (χ2v) is 8.78. The van der Waals surface area contributed by atoms with Gasteiger partial charge < -0.3 is 19.1 Å². The molecule has 0 radical (unpaired) electrons. The third kappa shape index (κ3) is 4.90. The van der Waals surface area contributed by atoms with Crippen molar-refractivity contribution in [3.05, 3.63) is 71.7 Å². The van der Waals surface area contributed by atoms with Crippen molar-refractivity contribution in [1.29, 1.82) is 0 Å². The van der Waals surface area contributed by atoms with E-state index in [2.05, 4.69) is 16.0 Å². The Morgan fingerprint density at radius 1 is 1.09 bits per heavy atom. The van der Waals surface area contributed by atoms with E-state index >= 15 is 0 Å². The summed E-state index contributed by atoms with van der Waals surface area (Å²) in [5, 5.41) is 0. The van der Waals surface area contributed by atoms with Gasteiger partial charge in [0.05, 0.1) is 19.5 Å². The minimum atomic E-state index is 0.100. The number of carbonyl (C=O) groups is 1. The Hall–Kier alpha value is -3.26. The average molecular weight is 447 g/mol. The molecule has 0 saturated carbocycles. The van der Waals surface area contributed by atoms with Crippen LogP contribution in [0, 0.1) is 6.92 Å². The highest BCUT2D eigenvalue weighted by molar-refractivity contribution is 5.95. The highest BCUT2D eigenvalue weighted by Crippen LogP contribution is 2.29. The minimum Gasteiger partial charge on any atom is -0.378 e. The zero-order chi connectivity index (χ0) is 22.6. The number of morpholine rings is 1. The van der Waals surface area contributed by atoms with Gasteiger partial charge in [0.25, 0.3) is 5.91 Å². The third-order valence-electron chi connectivity index (χ3n) is 6.50. The molecule has 2 aromatic heterocycles. The molecule has 0 bridgehead atoms. The number of anilines is 1. The van der Waals surface area contributed by atoms with Gasteiger partial charge in [0, 0.05) is 68.4 Å². The van der Waals surface area contributed by atoms with Crippen LogP contribution in [0.2, 0.25) is 0 Å². The molecule has 0 N–H and O–H groups in total. The lowest BCUT2D eigenvalue weighted by Crippen LogP contribution is -2.39. The number of hydrogen-bond acceptors (Lipinski definition) is 6. The molecule has 0 spiro atoms. The number of imidazole rings is 1. The maximum atomic E-state index is 13.4. The fourth-order valence-electron chi connectivity index (χ4n) is 4.67. The minimum absolute atomic E-state index is 0.100. The van der Waals surface area contributed by atoms with Crippen LogP contribution in [0.3, 0.4) is 0 Å². The SMILES string of the molecule is Cc1cc(N2CCOCC2)nc(C2CCN(C(=O)c3ccccc3Cn3ccnc3)CC2)n1. The molecule has 2 aliphatic rings. The van der Waals surface area contributed by atoms with Crippen LogP contribution in [0.4, 0.5) is 5.82 Å². The maximum Gasteiger partial charge on any atom is 0.254 e. The second kappa shape index (κ2) is 9.70. The summed E-state index contributed by atoms with van der Waals surface area (Å²) < 4.78 is 7.46. The summed E-state index contributed by atoms with van der Waals surface area (Å²) >= 11 is 0. The first-order chi connectivity index (χ1) is 16.2. The standard InChI is InChI=1S/C25H30N6O2/c1-19-16-23(30-12-14-33-15-13-30)28-24(27-19)20-6-9-31(10-7-20)25(32)22-5-3-2-4-21(22)17-29-11-8-26-18-29/h2-5,8,11,16,18,20H,6-7,9-10,12-15,17H2,1H3. The van der Waals surface area contributed by atoms with Gasteiger partial charge in [-0.3, -0.25) is 4.79 Å². The van der Waals surface area contributed by atoms with E-state index in [9.17, 15) is 4.79 Å². The largest absolute Gasteiger partial charge is 0.378 e. The molecule has 172 valence electrons. The molecule has 33 heavy (non-hydrogen) atoms. The zero-order valence-electron chi connectivity index (χ0n) is 19.1. The number of ether oxygens (including phenoxy) is 1. The maximum absolute atomic E-state index is 13.4. The van der Waals surface area contributed by atoms with Gasteiger partial charge >= 0.3 is 0 Å². The summed E-state index contributed by atoms with van der Waals surface area (Å²) in [4.78, 5) is 31.4. The number of aryl methyl sites for hydroxylation is 1. The molecule has 4 heterocycles. The van der Waals surface area contributed by atoms with Crippen molar-refractivity contribution >= 4 is 11.7 Å². The van der Waals surface area contributed by atoms with Gasteiger partial charge in [0.2, 0.25) is 0 Å². The second-order valence-electron chi connectivity index (χ2n) is 8.78. The van der Waals surface area contributed by atoms with Gasteiger partial charge in [-0.25, -0.2) is 15.0 Å². The highest BCUT2D eigenvalue weighted by Gasteiger charge is 2.28. The van der Waals surface area contributed by atoms with Crippen LogP contribution in [0.25, 0.3) is 0 Å². The van der Waals surface area contributed by atoms with Crippen LogP contribution >= 0.6 is 0 Å². The molecule has 2 aliphatic heterocycles. The van der Waals surface area contributed by atoms with E-state index in [1.54, 1.807) is 12.5 Å². The normalized spacial score (nSPS) is 17.4. The van der Waals surface area contributed by atoms with Crippen molar-refractivity contribution in [2.24, 2.45) is 0 Å². The molecule has 0 aliphatic carbocycles. The number of amides is 1. The van der Waals surface area contributed by atoms with Gasteiger partial charge in [-0.15, -0.1) is 0 Å². The first-order valence-electron chi connectivity index (χ1n) is 11.7. The Kier molecular flexibility index (Phi) is 6.35. The molecule has 2 saturated heterocycles. The Morgan fingerprint density at radius 3 is 2.64 bits per heavy atom. The number of nitrogens with zero attached hydrogens (tertiary/aromatic N) is 6. The predicted octanol–water partition coefficient (Wildman–Crippen LogP) is 2.89. The lowest BCUT2D eigenvalue weighted by Gasteiger charge is -2.33. The van der Waals surface area contributed by atoms with Crippen LogP contribution in [-0.2, 0) is 11.3 Å². The summed E-state index contributed by atoms with van der Waals surface area (Å²) in [6, 6.07) is 9.93. The van der Waals surface area contributed by atoms with E-state index in [4.69, 9.17) is 14.7 Å². The number of likely N-dealkylation sites (tertiary alicyclic amines) is 1. The molecule has 8 heteroatoms. The Labute approximate surface area is 194 Å². The first kappa shape index (κ1) is 21.6. The summed E-state index contributed by atoms with van der Waals surface area (Å²) in [6.45, 7) is 7.30. The number of piperidine rings is 1. The fraction of sp³-hybridized carbons (Fsp3) is 0.440. The van der Waals surface area contributed by atoms with Crippen LogP contribution in [0.1, 0.15) is 46.2 Å². The van der Waals surface area contributed by atoms with Crippen molar-refractivity contribution in [2.45, 2.75) is 32.2 Å². The number of carbonyl (C=O) groups excluding carboxylic acids is 1. The fourth-order valence-corrected chi connectivity index (χ4v) is 4.67. The lowest BCUT2D eigenvalue weighted by atomic mass is 9.94. The molecule has 0 unspecified atom stereocenters. The van der Waals surface area contributed by atoms with Gasteiger partial charge in [0.15, 0.2) is 0 Å². The summed E-state index contributed by atoms with van der Waals surface area (Å²) in [5.41, 5.74) is 2.78. The number of hydrogen-bond donors (Lipinski definition) is 0. The molecule has 1 aromatic carbocycles. The number of aromatic nitrogens is 4. The average Bonchev–Trinajstić information content (AvgIpc) is 3.37. The molecular weight excluding hydrogens is 416 g/mol. The molecule has 3 aromatic rings. The lowest BCUT2D eigenvalue weighted by molar-refractivity contribution is 0.0709. The molecule has 0 atom stereocenters. The van der Waals surface area contributed by atoms with Gasteiger partial charge in [-0.05, 0) is 31.4 Å². The van der Waals surface area contributed by atoms with Crippen LogP contribution in [0.15, 0.2) is 49.1 Å². The molecule has 8 nitrogen and oxygen atoms in total. The summed E-state index contributed by atoms with van der Waals surface area (Å²) in [7, 11) is 0. The highest BCUT2D eigenvalue weighted by atomic mass is 16.5. The monoisotopic (exact) mass is 446 g/mol. The molecule has 2 fully saturated rings. The topological polar surface area (TPSA) is 76.4 Å². The van der Waals surface area contributed by atoms with E-state index in [-0.39, 0.29) is 11.8 Å². The first-order valence-corrected chi connectivity index (χ1v) is 11.7. The molecule has 1 amide bonds. The van der Waals surface area contributed by atoms with Crippen molar-refractivity contribution < 1.29 is 9.53 Å². The number of benzene rings is 1. The van der Waals surface area contributed by atoms with Gasteiger partial charge in [-0.2, -0.15) is 0 Å². The number of rotatable bonds is 5.